The first kappa shape index (κ1) is 16.2. The lowest BCUT2D eigenvalue weighted by molar-refractivity contribution is 0.254. The van der Waals surface area contributed by atoms with E-state index in [0.29, 0.717) is 17.1 Å². The number of nitrogens with one attached hydrogen (secondary N) is 1. The number of hydrogen-bond donors (Lipinski definition) is 1. The van der Waals surface area contributed by atoms with E-state index in [0.717, 1.165) is 18.8 Å². The molecule has 0 radical (unpaired) electrons. The van der Waals surface area contributed by atoms with Crippen molar-refractivity contribution in [2.24, 2.45) is 0 Å². The summed E-state index contributed by atoms with van der Waals surface area (Å²) in [6.07, 6.45) is 8.65. The third-order valence-corrected chi connectivity index (χ3v) is 4.78. The molecule has 21 heavy (non-hydrogen) atoms. The largest absolute Gasteiger partial charge is 0.381 e. The smallest absolute Gasteiger partial charge is 0.283 e. The number of aromatic nitrogens is 2. The van der Waals surface area contributed by atoms with Crippen LogP contribution in [0.3, 0.4) is 0 Å². The van der Waals surface area contributed by atoms with Gasteiger partial charge in [0.1, 0.15) is 4.47 Å². The molecule has 0 aromatic carbocycles. The Morgan fingerprint density at radius 1 is 1.57 bits per heavy atom. The second-order valence-electron chi connectivity index (χ2n) is 5.49. The predicted molar refractivity (Wildman–Crippen MR) is 89.8 cm³/mol. The first-order chi connectivity index (χ1) is 10.1. The first-order valence-corrected chi connectivity index (χ1v) is 8.23. The van der Waals surface area contributed by atoms with Crippen molar-refractivity contribution in [1.29, 1.82) is 0 Å². The Morgan fingerprint density at radius 2 is 2.29 bits per heavy atom. The van der Waals surface area contributed by atoms with Crippen LogP contribution in [-0.4, -0.2) is 40.9 Å². The zero-order valence-electron chi connectivity index (χ0n) is 12.5. The van der Waals surface area contributed by atoms with Gasteiger partial charge in [0, 0.05) is 19.1 Å². The molecule has 1 saturated carbocycles. The Labute approximate surface area is 134 Å². The van der Waals surface area contributed by atoms with Crippen molar-refractivity contribution in [2.45, 2.75) is 38.3 Å². The van der Waals surface area contributed by atoms with Crippen LogP contribution in [0.1, 0.15) is 25.7 Å². The second kappa shape index (κ2) is 7.75. The van der Waals surface area contributed by atoms with Crippen molar-refractivity contribution in [2.75, 3.05) is 25.5 Å². The normalized spacial score (nSPS) is 15.6. The van der Waals surface area contributed by atoms with Crippen molar-refractivity contribution in [3.8, 4) is 0 Å². The molecule has 0 aliphatic heterocycles. The number of anilines is 1. The van der Waals surface area contributed by atoms with Crippen LogP contribution in [0.4, 0.5) is 5.69 Å². The minimum atomic E-state index is -0.135. The zero-order valence-corrected chi connectivity index (χ0v) is 14.1. The monoisotopic (exact) mass is 354 g/mol. The summed E-state index contributed by atoms with van der Waals surface area (Å²) >= 11 is 3.35. The maximum Gasteiger partial charge on any atom is 0.283 e. The highest BCUT2D eigenvalue weighted by Crippen LogP contribution is 2.22. The minimum Gasteiger partial charge on any atom is -0.381 e. The lowest BCUT2D eigenvalue weighted by Crippen LogP contribution is -2.33. The number of halogens is 1. The molecule has 0 atom stereocenters. The molecule has 1 aromatic heterocycles. The molecular weight excluding hydrogens is 332 g/mol. The number of rotatable bonds is 7. The average molecular weight is 355 g/mol. The molecule has 1 aliphatic rings. The SMILES string of the molecule is C=CCn1ncc(NCCN(C)C2CCCC2)c(Br)c1=O. The second-order valence-corrected chi connectivity index (χ2v) is 6.29. The highest BCUT2D eigenvalue weighted by Gasteiger charge is 2.18. The Morgan fingerprint density at radius 3 is 2.95 bits per heavy atom. The quantitative estimate of drug-likeness (QED) is 0.764. The fourth-order valence-corrected chi connectivity index (χ4v) is 3.18. The van der Waals surface area contributed by atoms with E-state index in [4.69, 9.17) is 0 Å². The fraction of sp³-hybridized carbons (Fsp3) is 0.600. The summed E-state index contributed by atoms with van der Waals surface area (Å²) < 4.78 is 1.91. The minimum absolute atomic E-state index is 0.135. The Balaban J connectivity index is 1.89. The van der Waals surface area contributed by atoms with Crippen LogP contribution >= 0.6 is 15.9 Å². The lowest BCUT2D eigenvalue weighted by atomic mass is 10.2. The highest BCUT2D eigenvalue weighted by atomic mass is 79.9. The molecule has 1 fully saturated rings. The summed E-state index contributed by atoms with van der Waals surface area (Å²) in [5.41, 5.74) is 0.615. The van der Waals surface area contributed by atoms with E-state index in [1.165, 1.54) is 30.4 Å². The van der Waals surface area contributed by atoms with Gasteiger partial charge >= 0.3 is 0 Å². The lowest BCUT2D eigenvalue weighted by Gasteiger charge is -2.24. The van der Waals surface area contributed by atoms with Crippen LogP contribution in [0.5, 0.6) is 0 Å². The number of allylic oxidation sites excluding steroid dienone is 1. The van der Waals surface area contributed by atoms with Crippen LogP contribution in [0.15, 0.2) is 28.1 Å². The predicted octanol–water partition coefficient (Wildman–Crippen LogP) is 2.48. The Bertz CT molecular complexity index is 537. The van der Waals surface area contributed by atoms with E-state index in [9.17, 15) is 4.79 Å². The number of likely N-dealkylation sites (N-methyl/N-ethyl adjacent to an activating group) is 1. The van der Waals surface area contributed by atoms with Crippen molar-refractivity contribution in [1.82, 2.24) is 14.7 Å². The van der Waals surface area contributed by atoms with Gasteiger partial charge in [-0.05, 0) is 35.8 Å². The zero-order chi connectivity index (χ0) is 15.2. The maximum atomic E-state index is 12.0. The molecule has 1 N–H and O–H groups in total. The standard InChI is InChI=1S/C15H23BrN4O/c1-3-9-20-15(21)14(16)13(11-18-20)17-8-10-19(2)12-6-4-5-7-12/h3,11-12,17H,1,4-10H2,2H3. The summed E-state index contributed by atoms with van der Waals surface area (Å²) in [6, 6.07) is 0.717. The molecular formula is C15H23BrN4O. The number of hydrogen-bond acceptors (Lipinski definition) is 4. The van der Waals surface area contributed by atoms with Gasteiger partial charge in [-0.15, -0.1) is 6.58 Å². The molecule has 5 nitrogen and oxygen atoms in total. The Kier molecular flexibility index (Phi) is 5.99. The maximum absolute atomic E-state index is 12.0. The van der Waals surface area contributed by atoms with Crippen LogP contribution in [0.2, 0.25) is 0 Å². The van der Waals surface area contributed by atoms with E-state index in [1.54, 1.807) is 12.3 Å². The topological polar surface area (TPSA) is 50.2 Å². The summed E-state index contributed by atoms with van der Waals surface area (Å²) in [7, 11) is 2.17. The van der Waals surface area contributed by atoms with Gasteiger partial charge in [0.05, 0.1) is 18.4 Å². The van der Waals surface area contributed by atoms with Gasteiger partial charge in [-0.1, -0.05) is 18.9 Å². The average Bonchev–Trinajstić information content (AvgIpc) is 3.00. The molecule has 0 unspecified atom stereocenters. The van der Waals surface area contributed by atoms with E-state index in [2.05, 4.69) is 44.9 Å². The van der Waals surface area contributed by atoms with Gasteiger partial charge < -0.3 is 10.2 Å². The molecule has 116 valence electrons. The van der Waals surface area contributed by atoms with Crippen molar-refractivity contribution >= 4 is 21.6 Å². The molecule has 1 aliphatic carbocycles. The van der Waals surface area contributed by atoms with E-state index >= 15 is 0 Å². The molecule has 1 heterocycles. The van der Waals surface area contributed by atoms with Crippen molar-refractivity contribution < 1.29 is 0 Å². The van der Waals surface area contributed by atoms with Gasteiger partial charge in [-0.2, -0.15) is 5.10 Å². The van der Waals surface area contributed by atoms with E-state index in [1.807, 2.05) is 0 Å². The van der Waals surface area contributed by atoms with Gasteiger partial charge in [0.2, 0.25) is 0 Å². The molecule has 0 spiro atoms. The molecule has 0 bridgehead atoms. The summed E-state index contributed by atoms with van der Waals surface area (Å²) in [4.78, 5) is 14.4. The van der Waals surface area contributed by atoms with Crippen LogP contribution < -0.4 is 10.9 Å². The van der Waals surface area contributed by atoms with Crippen LogP contribution in [-0.2, 0) is 6.54 Å². The van der Waals surface area contributed by atoms with Gasteiger partial charge in [-0.25, -0.2) is 4.68 Å². The summed E-state index contributed by atoms with van der Waals surface area (Å²) in [5, 5.41) is 7.42. The molecule has 0 saturated heterocycles. The molecule has 2 rings (SSSR count). The number of nitrogens with zero attached hydrogens (tertiary/aromatic N) is 3. The first-order valence-electron chi connectivity index (χ1n) is 7.44. The van der Waals surface area contributed by atoms with Crippen LogP contribution in [0, 0.1) is 0 Å². The molecule has 1 aromatic rings. The van der Waals surface area contributed by atoms with Gasteiger partial charge in [-0.3, -0.25) is 4.79 Å². The van der Waals surface area contributed by atoms with Gasteiger partial charge in [0.25, 0.3) is 5.56 Å². The van der Waals surface area contributed by atoms with Crippen molar-refractivity contribution in [3.63, 3.8) is 0 Å². The Hall–Kier alpha value is -1.14. The molecule has 6 heteroatoms. The van der Waals surface area contributed by atoms with E-state index in [-0.39, 0.29) is 5.56 Å². The van der Waals surface area contributed by atoms with Crippen molar-refractivity contribution in [3.05, 3.63) is 33.7 Å². The summed E-state index contributed by atoms with van der Waals surface area (Å²) in [5.74, 6) is 0. The third-order valence-electron chi connectivity index (χ3n) is 4.01. The fourth-order valence-electron chi connectivity index (χ4n) is 2.74. The summed E-state index contributed by atoms with van der Waals surface area (Å²) in [6.45, 7) is 5.81. The van der Waals surface area contributed by atoms with Gasteiger partial charge in [0.15, 0.2) is 0 Å². The van der Waals surface area contributed by atoms with E-state index < -0.39 is 0 Å². The highest BCUT2D eigenvalue weighted by molar-refractivity contribution is 9.10. The third kappa shape index (κ3) is 4.17. The molecule has 0 amide bonds. The van der Waals surface area contributed by atoms with Crippen LogP contribution in [0.25, 0.3) is 0 Å².